The monoisotopic (exact) mass is 880 g/mol. The molecule has 0 heterocycles. The van der Waals surface area contributed by atoms with Crippen LogP contribution in [-0.2, 0) is 46.5 Å². The molecule has 0 nitrogen and oxygen atoms in total. The van der Waals surface area contributed by atoms with Crippen LogP contribution in [0.25, 0.3) is 43.8 Å². The summed E-state index contributed by atoms with van der Waals surface area (Å²) in [6, 6.07) is 37.0. The fraction of sp³-hybridized carbons (Fsp3) is 0.423. The van der Waals surface area contributed by atoms with E-state index in [1.54, 1.807) is 0 Å². The van der Waals surface area contributed by atoms with Gasteiger partial charge in [-0.3, -0.25) is 0 Å². The number of aryl methyl sites for hydroxylation is 2. The van der Waals surface area contributed by atoms with Crippen LogP contribution in [0.1, 0.15) is 127 Å². The first-order chi connectivity index (χ1) is 26.8. The second kappa shape index (κ2) is 24.6. The van der Waals surface area contributed by atoms with Gasteiger partial charge in [-0.15, -0.1) is 69.1 Å². The standard InChI is InChI=1S/2C25H31.C2H6Si.2ClH.Zr/c2*1-6-9-20-12-13-21-15-19(14-17(2)3)16-24(21)25(20)23-11-8-7-10-22(23)18(4)5;1-3-2;;;/h2*7-8,10-13,15-18H,6,9,14H2,1-5H3;1-2H3;2*1H;/q2*-1;;;;+4/p-2. The second-order valence-corrected chi connectivity index (χ2v) is 21.4. The van der Waals surface area contributed by atoms with E-state index in [0.29, 0.717) is 23.7 Å². The minimum absolute atomic E-state index is 0.533. The Kier molecular flexibility index (Phi) is 21.2. The van der Waals surface area contributed by atoms with E-state index in [1.165, 1.54) is 90.0 Å². The molecule has 4 heteroatoms. The first-order valence-corrected chi connectivity index (χ1v) is 29.3. The molecule has 6 aromatic rings. The van der Waals surface area contributed by atoms with Crippen LogP contribution in [-0.4, -0.2) is 9.52 Å². The van der Waals surface area contributed by atoms with Crippen LogP contribution < -0.4 is 0 Å². The zero-order chi connectivity index (χ0) is 41.4. The molecule has 0 N–H and O–H groups in total. The van der Waals surface area contributed by atoms with E-state index in [0.717, 1.165) is 35.2 Å². The average Bonchev–Trinajstić information content (AvgIpc) is 3.75. The molecule has 0 aliphatic carbocycles. The summed E-state index contributed by atoms with van der Waals surface area (Å²) < 4.78 is 0. The Bertz CT molecular complexity index is 1900. The molecule has 0 amide bonds. The molecule has 0 aromatic heterocycles. The zero-order valence-corrected chi connectivity index (χ0v) is 41.5. The third-order valence-electron chi connectivity index (χ3n) is 10.1. The molecule has 0 saturated carbocycles. The quantitative estimate of drug-likeness (QED) is 0.0849. The normalized spacial score (nSPS) is 11.0. The van der Waals surface area contributed by atoms with Crippen molar-refractivity contribution in [3.05, 3.63) is 130 Å². The summed E-state index contributed by atoms with van der Waals surface area (Å²) in [6.07, 6.45) is 6.96. The molecule has 0 aliphatic heterocycles. The van der Waals surface area contributed by atoms with Crippen molar-refractivity contribution < 1.29 is 20.8 Å². The molecule has 0 saturated heterocycles. The number of hydrogen-bond donors (Lipinski definition) is 0. The number of halogens is 2. The molecule has 0 bridgehead atoms. The molecule has 0 aliphatic rings. The van der Waals surface area contributed by atoms with Gasteiger partial charge in [-0.25, -0.2) is 0 Å². The van der Waals surface area contributed by atoms with Gasteiger partial charge in [-0.1, -0.05) is 166 Å². The van der Waals surface area contributed by atoms with Crippen molar-refractivity contribution in [2.75, 3.05) is 0 Å². The Morgan fingerprint density at radius 3 is 1.20 bits per heavy atom. The van der Waals surface area contributed by atoms with Crippen LogP contribution in [0, 0.1) is 11.8 Å². The van der Waals surface area contributed by atoms with E-state index in [9.17, 15) is 0 Å². The van der Waals surface area contributed by atoms with Gasteiger partial charge in [-0.2, -0.15) is 12.1 Å². The topological polar surface area (TPSA) is 0 Å². The molecule has 0 atom stereocenters. The van der Waals surface area contributed by atoms with E-state index in [4.69, 9.17) is 17.0 Å². The fourth-order valence-corrected chi connectivity index (χ4v) is 8.00. The molecular weight excluding hydrogens is 815 g/mol. The Morgan fingerprint density at radius 1 is 0.554 bits per heavy atom. The van der Waals surface area contributed by atoms with Crippen molar-refractivity contribution in [2.45, 2.75) is 133 Å². The summed E-state index contributed by atoms with van der Waals surface area (Å²) in [4.78, 5) is 0. The van der Waals surface area contributed by atoms with E-state index >= 15 is 0 Å². The Hall–Kier alpha value is -2.22. The minimum atomic E-state index is -0.826. The molecule has 0 unspecified atom stereocenters. The van der Waals surface area contributed by atoms with Crippen LogP contribution >= 0.6 is 17.0 Å². The van der Waals surface area contributed by atoms with E-state index in [1.807, 2.05) is 0 Å². The van der Waals surface area contributed by atoms with Gasteiger partial charge in [0.25, 0.3) is 0 Å². The van der Waals surface area contributed by atoms with Crippen molar-refractivity contribution in [1.82, 2.24) is 0 Å². The summed E-state index contributed by atoms with van der Waals surface area (Å²) in [5, 5.41) is 5.66. The second-order valence-electron chi connectivity index (χ2n) is 16.7. The maximum absolute atomic E-state index is 4.93. The van der Waals surface area contributed by atoms with Crippen LogP contribution in [0.4, 0.5) is 0 Å². The third kappa shape index (κ3) is 13.4. The van der Waals surface area contributed by atoms with Crippen molar-refractivity contribution in [1.29, 1.82) is 0 Å². The van der Waals surface area contributed by atoms with Crippen LogP contribution in [0.15, 0.2) is 97.1 Å². The van der Waals surface area contributed by atoms with Crippen molar-refractivity contribution in [3.8, 4) is 22.3 Å². The van der Waals surface area contributed by atoms with Crippen molar-refractivity contribution >= 4 is 48.1 Å². The van der Waals surface area contributed by atoms with Crippen LogP contribution in [0.5, 0.6) is 0 Å². The molecule has 0 spiro atoms. The van der Waals surface area contributed by atoms with Crippen molar-refractivity contribution in [3.63, 3.8) is 0 Å². The van der Waals surface area contributed by atoms with E-state index in [-0.39, 0.29) is 0 Å². The van der Waals surface area contributed by atoms with Gasteiger partial charge in [0.15, 0.2) is 0 Å². The molecular formula is C52H68Cl2SiZr. The molecule has 298 valence electrons. The van der Waals surface area contributed by atoms with Gasteiger partial charge in [-0.05, 0) is 71.6 Å². The Morgan fingerprint density at radius 2 is 0.893 bits per heavy atom. The third-order valence-corrected chi connectivity index (χ3v) is 10.1. The first kappa shape index (κ1) is 48.2. The van der Waals surface area contributed by atoms with Gasteiger partial charge in [0.05, 0.1) is 0 Å². The van der Waals surface area contributed by atoms with Gasteiger partial charge in [0.1, 0.15) is 0 Å². The SMILES string of the molecule is CCCc1ccc2[cH-]c(CC(C)C)cc2c1-c1ccccc1C(C)C.CCCc1ccc2[cH-]c(CC(C)C)cc2c1-c1ccccc1C(C)C.C[Si]C.[Cl][Zr+2][Cl]. The predicted octanol–water partition coefficient (Wildman–Crippen LogP) is 17.2. The van der Waals surface area contributed by atoms with Gasteiger partial charge in [0, 0.05) is 9.52 Å². The molecule has 6 rings (SSSR count). The van der Waals surface area contributed by atoms with Crippen LogP contribution in [0.2, 0.25) is 13.1 Å². The molecule has 6 aromatic carbocycles. The predicted molar refractivity (Wildman–Crippen MR) is 252 cm³/mol. The summed E-state index contributed by atoms with van der Waals surface area (Å²) in [7, 11) is 11.0. The Balaban J connectivity index is 0.000000264. The van der Waals surface area contributed by atoms with E-state index < -0.39 is 20.8 Å². The van der Waals surface area contributed by atoms with Gasteiger partial charge >= 0.3 is 37.9 Å². The van der Waals surface area contributed by atoms with Crippen LogP contribution in [0.3, 0.4) is 0 Å². The first-order valence-electron chi connectivity index (χ1n) is 21.0. The van der Waals surface area contributed by atoms with Gasteiger partial charge < -0.3 is 0 Å². The number of rotatable bonds is 12. The number of benzene rings is 4. The zero-order valence-electron chi connectivity index (χ0n) is 36.5. The molecule has 2 radical (unpaired) electrons. The summed E-state index contributed by atoms with van der Waals surface area (Å²) >= 11 is -0.826. The Labute approximate surface area is 363 Å². The van der Waals surface area contributed by atoms with E-state index in [2.05, 4.69) is 179 Å². The maximum atomic E-state index is 4.93. The molecule has 56 heavy (non-hydrogen) atoms. The molecule has 0 fully saturated rings. The number of fused-ring (bicyclic) bond motifs is 2. The summed E-state index contributed by atoms with van der Waals surface area (Å²) in [5.74, 6) is 2.45. The average molecular weight is 883 g/mol. The fourth-order valence-electron chi connectivity index (χ4n) is 8.00. The summed E-state index contributed by atoms with van der Waals surface area (Å²) in [5.41, 5.74) is 14.6. The number of hydrogen-bond acceptors (Lipinski definition) is 0. The van der Waals surface area contributed by atoms with Crippen molar-refractivity contribution in [2.24, 2.45) is 11.8 Å². The summed E-state index contributed by atoms with van der Waals surface area (Å²) in [6.45, 7) is 27.3. The van der Waals surface area contributed by atoms with Gasteiger partial charge in [0.2, 0.25) is 0 Å².